The minimum absolute atomic E-state index is 0.0124. The molecule has 0 radical (unpaired) electrons. The minimum Gasteiger partial charge on any atom is -0.481 e. The van der Waals surface area contributed by atoms with Gasteiger partial charge in [-0.25, -0.2) is 0 Å². The highest BCUT2D eigenvalue weighted by atomic mass is 127. The van der Waals surface area contributed by atoms with E-state index in [0.29, 0.717) is 70.7 Å². The minimum atomic E-state index is -1.14. The van der Waals surface area contributed by atoms with E-state index in [0.717, 1.165) is 55.8 Å². The van der Waals surface area contributed by atoms with E-state index in [1.54, 1.807) is 20.8 Å². The van der Waals surface area contributed by atoms with Crippen LogP contribution in [0.15, 0.2) is 0 Å². The summed E-state index contributed by atoms with van der Waals surface area (Å²) in [6.45, 7) is 9.62. The number of rotatable bonds is 31. The van der Waals surface area contributed by atoms with Gasteiger partial charge in [0, 0.05) is 6.42 Å². The van der Waals surface area contributed by atoms with E-state index in [1.165, 1.54) is 0 Å². The summed E-state index contributed by atoms with van der Waals surface area (Å²) < 4.78 is 11.3. The summed E-state index contributed by atoms with van der Waals surface area (Å²) >= 11 is 2.33. The van der Waals surface area contributed by atoms with Crippen molar-refractivity contribution in [2.75, 3.05) is 17.6 Å². The van der Waals surface area contributed by atoms with Gasteiger partial charge in [-0.2, -0.15) is 0 Å². The molecule has 4 atom stereocenters. The molecule has 0 aliphatic carbocycles. The normalized spacial score (nSPS) is 13.5. The van der Waals surface area contributed by atoms with Crippen LogP contribution in [-0.4, -0.2) is 74.9 Å². The van der Waals surface area contributed by atoms with Crippen LogP contribution in [0.1, 0.15) is 150 Å². The average molecular weight is 841 g/mol. The number of halogens is 1. The molecule has 0 heterocycles. The first kappa shape index (κ1) is 50.5. The van der Waals surface area contributed by atoms with E-state index in [4.69, 9.17) is 19.7 Å². The van der Waals surface area contributed by atoms with Crippen LogP contribution < -0.4 is 0 Å². The second kappa shape index (κ2) is 31.0. The van der Waals surface area contributed by atoms with Gasteiger partial charge in [0.15, 0.2) is 0 Å². The molecule has 0 bridgehead atoms. The van der Waals surface area contributed by atoms with Gasteiger partial charge in [-0.15, -0.1) is 0 Å². The van der Waals surface area contributed by atoms with Gasteiger partial charge in [-0.3, -0.25) is 28.8 Å². The Hall–Kier alpha value is -2.58. The number of carbonyl (C=O) groups is 7. The Labute approximate surface area is 318 Å². The van der Waals surface area contributed by atoms with Crippen LogP contribution in [0.25, 0.3) is 0 Å². The highest BCUT2D eigenvalue weighted by Gasteiger charge is 2.30. The maximum absolute atomic E-state index is 12.4. The fourth-order valence-corrected chi connectivity index (χ4v) is 6.00. The highest BCUT2D eigenvalue weighted by Crippen LogP contribution is 2.27. The Morgan fingerprint density at radius 3 is 1.71 bits per heavy atom. The van der Waals surface area contributed by atoms with Crippen molar-refractivity contribution < 1.29 is 58.4 Å². The Morgan fingerprint density at radius 1 is 0.667 bits per heavy atom. The second-order valence-electron chi connectivity index (χ2n) is 13.8. The Balaban J connectivity index is 0. The Morgan fingerprint density at radius 2 is 1.20 bits per heavy atom. The average Bonchev–Trinajstić information content (AvgIpc) is 3.07. The summed E-state index contributed by atoms with van der Waals surface area (Å²) in [4.78, 5) is 79.7. The third kappa shape index (κ3) is 25.9. The molecule has 0 aliphatic rings. The summed E-state index contributed by atoms with van der Waals surface area (Å²) in [6, 6.07) is 0. The standard InChI is InChI=1S/C20H35IO5.C18H30O7/c1-5-25-18(23)16(17(22)13-8-7-11-15-21)12-9-10-14-20(3,4)19(24)26-6-2;1-13(16(20)21)8-4-2-3-5-9-14(17(22)23)10-6-7-11-15(12-19)18(24)25/h16H,5-15H2,1-4H3;12-15H,2-11H2,1H3,(H,20,21)(H,22,23)(H,24,25). The first-order chi connectivity index (χ1) is 24.1. The molecule has 296 valence electrons. The van der Waals surface area contributed by atoms with Crippen molar-refractivity contribution in [3.05, 3.63) is 0 Å². The molecule has 0 spiro atoms. The molecule has 51 heavy (non-hydrogen) atoms. The predicted octanol–water partition coefficient (Wildman–Crippen LogP) is 8.09. The molecule has 0 fully saturated rings. The lowest BCUT2D eigenvalue weighted by atomic mass is 9.85. The molecule has 0 rings (SSSR count). The zero-order valence-electron chi connectivity index (χ0n) is 31.6. The predicted molar refractivity (Wildman–Crippen MR) is 203 cm³/mol. The van der Waals surface area contributed by atoms with Crippen LogP contribution in [0.4, 0.5) is 0 Å². The van der Waals surface area contributed by atoms with Gasteiger partial charge in [0.1, 0.15) is 23.9 Å². The zero-order valence-corrected chi connectivity index (χ0v) is 33.8. The number of unbranched alkanes of at least 4 members (excludes halogenated alkanes) is 7. The zero-order chi connectivity index (χ0) is 39.2. The molecular weight excluding hydrogens is 775 g/mol. The lowest BCUT2D eigenvalue weighted by Gasteiger charge is -2.22. The summed E-state index contributed by atoms with van der Waals surface area (Å²) in [7, 11) is 0. The maximum atomic E-state index is 12.4. The van der Waals surface area contributed by atoms with Crippen LogP contribution in [-0.2, 0) is 43.0 Å². The number of aldehydes is 1. The largest absolute Gasteiger partial charge is 0.481 e. The second-order valence-corrected chi connectivity index (χ2v) is 14.8. The van der Waals surface area contributed by atoms with E-state index in [1.807, 2.05) is 13.8 Å². The van der Waals surface area contributed by atoms with Crippen LogP contribution in [0.5, 0.6) is 0 Å². The monoisotopic (exact) mass is 840 g/mol. The van der Waals surface area contributed by atoms with E-state index < -0.39 is 47.0 Å². The van der Waals surface area contributed by atoms with E-state index >= 15 is 0 Å². The third-order valence-corrected chi connectivity index (χ3v) is 9.66. The molecule has 0 amide bonds. The van der Waals surface area contributed by atoms with Gasteiger partial charge in [0.25, 0.3) is 0 Å². The number of esters is 2. The van der Waals surface area contributed by atoms with Gasteiger partial charge in [0.2, 0.25) is 0 Å². The first-order valence-corrected chi connectivity index (χ1v) is 20.2. The SMILES string of the molecule is CC(CCCCCCC(CCCCC(C=O)C(=O)O)C(=O)O)C(=O)O.CCOC(=O)C(CCCCC(C)(C)C(=O)OCC)C(=O)CCCCCI. The number of alkyl halides is 1. The number of carboxylic acid groups (broad SMARTS) is 3. The van der Waals surface area contributed by atoms with Crippen molar-refractivity contribution in [3.63, 3.8) is 0 Å². The Kier molecular flexibility index (Phi) is 30.7. The third-order valence-electron chi connectivity index (χ3n) is 8.90. The van der Waals surface area contributed by atoms with Crippen molar-refractivity contribution in [2.45, 2.75) is 150 Å². The van der Waals surface area contributed by atoms with Crippen molar-refractivity contribution in [2.24, 2.45) is 29.1 Å². The lowest BCUT2D eigenvalue weighted by molar-refractivity contribution is -0.154. The first-order valence-electron chi connectivity index (χ1n) is 18.7. The fourth-order valence-electron chi connectivity index (χ4n) is 5.46. The molecule has 0 saturated heterocycles. The maximum Gasteiger partial charge on any atom is 0.316 e. The molecule has 0 aromatic heterocycles. The highest BCUT2D eigenvalue weighted by molar-refractivity contribution is 14.1. The van der Waals surface area contributed by atoms with Crippen LogP contribution in [0.3, 0.4) is 0 Å². The van der Waals surface area contributed by atoms with Gasteiger partial charge < -0.3 is 29.6 Å². The number of ketones is 1. The van der Waals surface area contributed by atoms with E-state index in [-0.39, 0.29) is 30.7 Å². The topological polar surface area (TPSA) is 199 Å². The van der Waals surface area contributed by atoms with Crippen molar-refractivity contribution in [3.8, 4) is 0 Å². The summed E-state index contributed by atoms with van der Waals surface area (Å²) in [5, 5.41) is 26.8. The van der Waals surface area contributed by atoms with E-state index in [9.17, 15) is 38.7 Å². The smallest absolute Gasteiger partial charge is 0.316 e. The molecular formula is C38H65IO12. The quantitative estimate of drug-likeness (QED) is 0.0152. The summed E-state index contributed by atoms with van der Waals surface area (Å²) in [5.41, 5.74) is -0.543. The molecule has 3 N–H and O–H groups in total. The number of aliphatic carboxylic acids is 3. The van der Waals surface area contributed by atoms with Crippen molar-refractivity contribution in [1.82, 2.24) is 0 Å². The molecule has 0 aliphatic heterocycles. The molecule has 0 aromatic rings. The molecule has 0 aromatic carbocycles. The van der Waals surface area contributed by atoms with Crippen molar-refractivity contribution >= 4 is 64.5 Å². The molecule has 0 saturated carbocycles. The molecule has 12 nitrogen and oxygen atoms in total. The van der Waals surface area contributed by atoms with Crippen LogP contribution in [0.2, 0.25) is 0 Å². The summed E-state index contributed by atoms with van der Waals surface area (Å²) in [6.07, 6.45) is 12.9. The van der Waals surface area contributed by atoms with Gasteiger partial charge in [0.05, 0.1) is 30.5 Å². The lowest BCUT2D eigenvalue weighted by Crippen LogP contribution is -2.28. The Bertz CT molecular complexity index is 1030. The fraction of sp³-hybridized carbons (Fsp3) is 0.816. The molecule has 13 heteroatoms. The van der Waals surface area contributed by atoms with Crippen LogP contribution >= 0.6 is 22.6 Å². The van der Waals surface area contributed by atoms with Gasteiger partial charge in [-0.05, 0) is 83.5 Å². The van der Waals surface area contributed by atoms with Crippen molar-refractivity contribution in [1.29, 1.82) is 0 Å². The van der Waals surface area contributed by atoms with Crippen LogP contribution in [0, 0.1) is 29.1 Å². The number of carbonyl (C=O) groups excluding carboxylic acids is 4. The molecule has 4 unspecified atom stereocenters. The van der Waals surface area contributed by atoms with Gasteiger partial charge >= 0.3 is 29.8 Å². The number of ether oxygens (including phenoxy) is 2. The number of hydrogen-bond donors (Lipinski definition) is 3. The summed E-state index contributed by atoms with van der Waals surface area (Å²) in [5.74, 6) is -5.84. The van der Waals surface area contributed by atoms with Gasteiger partial charge in [-0.1, -0.05) is 87.3 Å². The number of carboxylic acids is 3. The number of Topliss-reactive ketones (excluding diaryl/α,β-unsaturated/α-hetero) is 1. The number of hydrogen-bond acceptors (Lipinski definition) is 9. The van der Waals surface area contributed by atoms with E-state index in [2.05, 4.69) is 22.6 Å².